The maximum atomic E-state index is 11.8. The van der Waals surface area contributed by atoms with Crippen molar-refractivity contribution in [2.45, 2.75) is 6.92 Å². The van der Waals surface area contributed by atoms with Crippen LogP contribution in [0.3, 0.4) is 0 Å². The van der Waals surface area contributed by atoms with E-state index in [9.17, 15) is 4.79 Å². The van der Waals surface area contributed by atoms with E-state index in [0.717, 1.165) is 16.8 Å². The van der Waals surface area contributed by atoms with E-state index in [1.807, 2.05) is 43.3 Å². The van der Waals surface area contributed by atoms with E-state index in [1.54, 1.807) is 18.2 Å². The van der Waals surface area contributed by atoms with Gasteiger partial charge in [-0.3, -0.25) is 4.79 Å². The SMILES string of the molecule is Cc1cccc(NC(=O)C=Cc2cccc(Cl)c2)c1. The zero-order chi connectivity index (χ0) is 13.7. The number of nitrogens with one attached hydrogen (secondary N) is 1. The van der Waals surface area contributed by atoms with Gasteiger partial charge in [-0.2, -0.15) is 0 Å². The average molecular weight is 272 g/mol. The molecule has 0 spiro atoms. The molecule has 0 unspecified atom stereocenters. The summed E-state index contributed by atoms with van der Waals surface area (Å²) in [6, 6.07) is 15.0. The van der Waals surface area contributed by atoms with Crippen LogP contribution in [0.15, 0.2) is 54.6 Å². The zero-order valence-electron chi connectivity index (χ0n) is 10.6. The minimum absolute atomic E-state index is 0.162. The van der Waals surface area contributed by atoms with Gasteiger partial charge in [-0.15, -0.1) is 0 Å². The Morgan fingerprint density at radius 3 is 2.68 bits per heavy atom. The highest BCUT2D eigenvalue weighted by molar-refractivity contribution is 6.30. The summed E-state index contributed by atoms with van der Waals surface area (Å²) in [5, 5.41) is 3.46. The lowest BCUT2D eigenvalue weighted by Crippen LogP contribution is -2.07. The molecule has 0 aliphatic carbocycles. The number of carbonyl (C=O) groups is 1. The van der Waals surface area contributed by atoms with Gasteiger partial charge < -0.3 is 5.32 Å². The molecule has 0 aliphatic rings. The fraction of sp³-hybridized carbons (Fsp3) is 0.0625. The van der Waals surface area contributed by atoms with Crippen molar-refractivity contribution in [1.82, 2.24) is 0 Å². The van der Waals surface area contributed by atoms with E-state index in [-0.39, 0.29) is 5.91 Å². The summed E-state index contributed by atoms with van der Waals surface area (Å²) in [6.07, 6.45) is 3.23. The van der Waals surface area contributed by atoms with Crippen LogP contribution in [0.1, 0.15) is 11.1 Å². The maximum Gasteiger partial charge on any atom is 0.248 e. The summed E-state index contributed by atoms with van der Waals surface area (Å²) in [7, 11) is 0. The van der Waals surface area contributed by atoms with Gasteiger partial charge in [-0.25, -0.2) is 0 Å². The van der Waals surface area contributed by atoms with Crippen LogP contribution in [0.25, 0.3) is 6.08 Å². The van der Waals surface area contributed by atoms with Gasteiger partial charge in [0.2, 0.25) is 5.91 Å². The highest BCUT2D eigenvalue weighted by atomic mass is 35.5. The van der Waals surface area contributed by atoms with E-state index in [1.165, 1.54) is 6.08 Å². The van der Waals surface area contributed by atoms with Crippen molar-refractivity contribution >= 4 is 29.3 Å². The molecule has 0 fully saturated rings. The third-order valence-electron chi connectivity index (χ3n) is 2.56. The van der Waals surface area contributed by atoms with E-state index in [0.29, 0.717) is 5.02 Å². The first-order valence-corrected chi connectivity index (χ1v) is 6.32. The molecular weight excluding hydrogens is 258 g/mol. The summed E-state index contributed by atoms with van der Waals surface area (Å²) in [4.78, 5) is 11.8. The van der Waals surface area contributed by atoms with Gasteiger partial charge in [0.15, 0.2) is 0 Å². The molecule has 1 N–H and O–H groups in total. The second-order valence-electron chi connectivity index (χ2n) is 4.25. The van der Waals surface area contributed by atoms with Gasteiger partial charge in [-0.05, 0) is 48.4 Å². The number of hydrogen-bond donors (Lipinski definition) is 1. The quantitative estimate of drug-likeness (QED) is 0.829. The van der Waals surface area contributed by atoms with Crippen LogP contribution in [-0.2, 0) is 4.79 Å². The average Bonchev–Trinajstić information content (AvgIpc) is 2.36. The number of halogens is 1. The summed E-state index contributed by atoms with van der Waals surface area (Å²) >= 11 is 5.87. The number of amides is 1. The van der Waals surface area contributed by atoms with Gasteiger partial charge >= 0.3 is 0 Å². The van der Waals surface area contributed by atoms with Crippen LogP contribution >= 0.6 is 11.6 Å². The van der Waals surface area contributed by atoms with Crippen molar-refractivity contribution in [2.24, 2.45) is 0 Å². The first-order valence-electron chi connectivity index (χ1n) is 5.95. The highest BCUT2D eigenvalue weighted by Gasteiger charge is 1.98. The van der Waals surface area contributed by atoms with Crippen molar-refractivity contribution in [3.63, 3.8) is 0 Å². The van der Waals surface area contributed by atoms with Crippen LogP contribution in [0, 0.1) is 6.92 Å². The third kappa shape index (κ3) is 4.27. The lowest BCUT2D eigenvalue weighted by Gasteiger charge is -2.02. The Kier molecular flexibility index (Phi) is 4.37. The smallest absolute Gasteiger partial charge is 0.248 e. The van der Waals surface area contributed by atoms with Crippen molar-refractivity contribution < 1.29 is 4.79 Å². The minimum Gasteiger partial charge on any atom is -0.323 e. The fourth-order valence-corrected chi connectivity index (χ4v) is 1.89. The Morgan fingerprint density at radius 1 is 1.16 bits per heavy atom. The Labute approximate surface area is 117 Å². The molecular formula is C16H14ClNO. The molecule has 0 bridgehead atoms. The topological polar surface area (TPSA) is 29.1 Å². The van der Waals surface area contributed by atoms with E-state index in [4.69, 9.17) is 11.6 Å². The molecule has 0 radical (unpaired) electrons. The largest absolute Gasteiger partial charge is 0.323 e. The first-order chi connectivity index (χ1) is 9.13. The summed E-state index contributed by atoms with van der Waals surface area (Å²) in [5.74, 6) is -0.162. The van der Waals surface area contributed by atoms with Gasteiger partial charge in [0, 0.05) is 16.8 Å². The Morgan fingerprint density at radius 2 is 1.95 bits per heavy atom. The second-order valence-corrected chi connectivity index (χ2v) is 4.68. The lowest BCUT2D eigenvalue weighted by molar-refractivity contribution is -0.111. The van der Waals surface area contributed by atoms with Crippen LogP contribution in [0.5, 0.6) is 0 Å². The van der Waals surface area contributed by atoms with Crippen LogP contribution in [0.4, 0.5) is 5.69 Å². The van der Waals surface area contributed by atoms with Gasteiger partial charge in [-0.1, -0.05) is 35.9 Å². The molecule has 2 aromatic carbocycles. The molecule has 19 heavy (non-hydrogen) atoms. The second kappa shape index (κ2) is 6.21. The van der Waals surface area contributed by atoms with Crippen molar-refractivity contribution in [1.29, 1.82) is 0 Å². The molecule has 2 rings (SSSR count). The Balaban J connectivity index is 2.01. The number of aryl methyl sites for hydroxylation is 1. The Hall–Kier alpha value is -2.06. The number of anilines is 1. The maximum absolute atomic E-state index is 11.8. The number of benzene rings is 2. The number of hydrogen-bond acceptors (Lipinski definition) is 1. The first kappa shape index (κ1) is 13.4. The molecule has 96 valence electrons. The van der Waals surface area contributed by atoms with Crippen LogP contribution in [-0.4, -0.2) is 5.91 Å². The number of rotatable bonds is 3. The van der Waals surface area contributed by atoms with E-state index in [2.05, 4.69) is 5.32 Å². The molecule has 2 nitrogen and oxygen atoms in total. The van der Waals surface area contributed by atoms with Gasteiger partial charge in [0.1, 0.15) is 0 Å². The standard InChI is InChI=1S/C16H14ClNO/c1-12-4-2-7-15(10-12)18-16(19)9-8-13-5-3-6-14(17)11-13/h2-11H,1H3,(H,18,19). The van der Waals surface area contributed by atoms with Crippen molar-refractivity contribution in [2.75, 3.05) is 5.32 Å². The van der Waals surface area contributed by atoms with Crippen LogP contribution < -0.4 is 5.32 Å². The predicted octanol–water partition coefficient (Wildman–Crippen LogP) is 4.30. The molecule has 0 aliphatic heterocycles. The highest BCUT2D eigenvalue weighted by Crippen LogP contribution is 2.12. The predicted molar refractivity (Wildman–Crippen MR) is 80.3 cm³/mol. The summed E-state index contributed by atoms with van der Waals surface area (Å²) in [6.45, 7) is 1.98. The van der Waals surface area contributed by atoms with Crippen LogP contribution in [0.2, 0.25) is 5.02 Å². The van der Waals surface area contributed by atoms with Gasteiger partial charge in [0.25, 0.3) is 0 Å². The van der Waals surface area contributed by atoms with Crippen molar-refractivity contribution in [3.05, 3.63) is 70.8 Å². The summed E-state index contributed by atoms with van der Waals surface area (Å²) < 4.78 is 0. The summed E-state index contributed by atoms with van der Waals surface area (Å²) in [5.41, 5.74) is 2.80. The Bertz CT molecular complexity index is 620. The minimum atomic E-state index is -0.162. The third-order valence-corrected chi connectivity index (χ3v) is 2.80. The molecule has 3 heteroatoms. The normalized spacial score (nSPS) is 10.6. The molecule has 2 aromatic rings. The molecule has 0 saturated heterocycles. The molecule has 0 heterocycles. The molecule has 1 amide bonds. The van der Waals surface area contributed by atoms with E-state index < -0.39 is 0 Å². The van der Waals surface area contributed by atoms with Gasteiger partial charge in [0.05, 0.1) is 0 Å². The monoisotopic (exact) mass is 271 g/mol. The van der Waals surface area contributed by atoms with E-state index >= 15 is 0 Å². The molecule has 0 saturated carbocycles. The molecule has 0 aromatic heterocycles. The molecule has 0 atom stereocenters. The number of carbonyl (C=O) groups excluding carboxylic acids is 1. The lowest BCUT2D eigenvalue weighted by atomic mass is 10.2. The zero-order valence-corrected chi connectivity index (χ0v) is 11.3. The van der Waals surface area contributed by atoms with Crippen molar-refractivity contribution in [3.8, 4) is 0 Å². The fourth-order valence-electron chi connectivity index (χ4n) is 1.69.